The van der Waals surface area contributed by atoms with Crippen LogP contribution in [0.15, 0.2) is 128 Å². The lowest BCUT2D eigenvalue weighted by molar-refractivity contribution is -0.160. The normalized spacial score (nSPS) is 24.6. The van der Waals surface area contributed by atoms with Crippen LogP contribution >= 0.6 is 15.9 Å². The molecule has 10 nitrogen and oxygen atoms in total. The van der Waals surface area contributed by atoms with Gasteiger partial charge in [-0.1, -0.05) is 119 Å². The van der Waals surface area contributed by atoms with E-state index in [2.05, 4.69) is 34.4 Å². The molecule has 0 aliphatic carbocycles. The third-order valence-electron chi connectivity index (χ3n) is 11.3. The summed E-state index contributed by atoms with van der Waals surface area (Å²) in [6.07, 6.45) is 2.95. The minimum atomic E-state index is -1.42. The fraction of sp³-hybridized carbons (Fsp3) is 0.333. The first kappa shape index (κ1) is 39.1. The van der Waals surface area contributed by atoms with E-state index < -0.39 is 66.1 Å². The summed E-state index contributed by atoms with van der Waals surface area (Å²) in [5.74, 6) is -3.88. The maximum atomic E-state index is 15.3. The Morgan fingerprint density at radius 1 is 0.982 bits per heavy atom. The second-order valence-corrected chi connectivity index (χ2v) is 15.8. The van der Waals surface area contributed by atoms with Crippen LogP contribution in [0.5, 0.6) is 0 Å². The van der Waals surface area contributed by atoms with E-state index in [1.54, 1.807) is 17.1 Å². The lowest BCUT2D eigenvalue weighted by atomic mass is 9.70. The number of carbonyl (C=O) groups is 4. The minimum absolute atomic E-state index is 0.0185. The van der Waals surface area contributed by atoms with Crippen LogP contribution in [0, 0.1) is 11.8 Å². The Bertz CT molecular complexity index is 2100. The standard InChI is InChI=1S/C45H46BrN3O7/c1-3-5-20-37(51)47-27-36(31-17-10-7-11-18-31)55-44(54)38-39-42(52)49(34(28-50)24-29-14-8-6-9-15-29)41(45(39)26-35(46)40(38)56-45)43(53)48(23-4-2)33-22-21-30-16-12-13-19-32(30)25-33/h3-4,6-19,21-22,25,34-36,38-41,50H,1-2,5,20,23-24,26-28H2,(H,47,51)/t34-,35?,36+,38-,39+,40-,41-,45+/m1/s1. The Labute approximate surface area is 335 Å². The molecule has 1 spiro atoms. The van der Waals surface area contributed by atoms with Crippen LogP contribution in [0.25, 0.3) is 10.8 Å². The highest BCUT2D eigenvalue weighted by Gasteiger charge is 2.77. The molecule has 7 rings (SSSR count). The molecule has 1 unspecified atom stereocenters. The molecular weight excluding hydrogens is 774 g/mol. The number of allylic oxidation sites excluding steroid dienone is 1. The molecule has 3 aliphatic rings. The van der Waals surface area contributed by atoms with E-state index in [1.807, 2.05) is 103 Å². The predicted molar refractivity (Wildman–Crippen MR) is 218 cm³/mol. The zero-order chi connectivity index (χ0) is 39.4. The first-order valence-electron chi connectivity index (χ1n) is 19.0. The molecule has 8 atom stereocenters. The van der Waals surface area contributed by atoms with Gasteiger partial charge in [0.15, 0.2) is 0 Å². The molecule has 3 heterocycles. The van der Waals surface area contributed by atoms with Crippen molar-refractivity contribution < 1.29 is 33.8 Å². The minimum Gasteiger partial charge on any atom is -0.455 e. The van der Waals surface area contributed by atoms with Gasteiger partial charge in [-0.15, -0.1) is 13.2 Å². The topological polar surface area (TPSA) is 125 Å². The third-order valence-corrected chi connectivity index (χ3v) is 12.1. The average molecular weight is 821 g/mol. The zero-order valence-electron chi connectivity index (χ0n) is 31.0. The molecule has 3 aliphatic heterocycles. The van der Waals surface area contributed by atoms with Crippen molar-refractivity contribution in [3.63, 3.8) is 0 Å². The van der Waals surface area contributed by atoms with Gasteiger partial charge in [-0.3, -0.25) is 19.2 Å². The van der Waals surface area contributed by atoms with Crippen LogP contribution in [-0.4, -0.2) is 82.0 Å². The summed E-state index contributed by atoms with van der Waals surface area (Å²) in [5, 5.41) is 15.8. The van der Waals surface area contributed by atoms with Gasteiger partial charge in [-0.25, -0.2) is 0 Å². The van der Waals surface area contributed by atoms with E-state index in [9.17, 15) is 14.7 Å². The van der Waals surface area contributed by atoms with Crippen LogP contribution in [0.2, 0.25) is 0 Å². The summed E-state index contributed by atoms with van der Waals surface area (Å²) < 4.78 is 13.1. The molecule has 2 bridgehead atoms. The van der Waals surface area contributed by atoms with Gasteiger partial charge in [-0.05, 0) is 53.3 Å². The highest BCUT2D eigenvalue weighted by atomic mass is 79.9. The van der Waals surface area contributed by atoms with E-state index in [1.165, 1.54) is 4.90 Å². The molecule has 3 amide bonds. The number of alkyl halides is 1. The molecule has 2 N–H and O–H groups in total. The van der Waals surface area contributed by atoms with Crippen molar-refractivity contribution in [3.8, 4) is 0 Å². The number of ether oxygens (including phenoxy) is 2. The van der Waals surface area contributed by atoms with E-state index in [0.717, 1.165) is 16.3 Å². The number of fused-ring (bicyclic) bond motifs is 2. The van der Waals surface area contributed by atoms with E-state index in [4.69, 9.17) is 9.47 Å². The van der Waals surface area contributed by atoms with Crippen molar-refractivity contribution in [1.82, 2.24) is 10.2 Å². The summed E-state index contributed by atoms with van der Waals surface area (Å²) in [7, 11) is 0. The van der Waals surface area contributed by atoms with Crippen molar-refractivity contribution in [3.05, 3.63) is 140 Å². The molecule has 11 heteroatoms. The number of esters is 1. The lowest BCUT2D eigenvalue weighted by Crippen LogP contribution is -2.59. The number of rotatable bonds is 16. The fourth-order valence-corrected chi connectivity index (χ4v) is 9.68. The van der Waals surface area contributed by atoms with Gasteiger partial charge in [0, 0.05) is 23.5 Å². The van der Waals surface area contributed by atoms with Crippen molar-refractivity contribution in [2.75, 3.05) is 24.6 Å². The van der Waals surface area contributed by atoms with Gasteiger partial charge < -0.3 is 29.7 Å². The number of halogens is 1. The second-order valence-electron chi connectivity index (χ2n) is 14.7. The lowest BCUT2D eigenvalue weighted by Gasteiger charge is -2.39. The quantitative estimate of drug-likeness (QED) is 0.0799. The molecule has 0 saturated carbocycles. The summed E-state index contributed by atoms with van der Waals surface area (Å²) in [6.45, 7) is 7.36. The molecule has 56 heavy (non-hydrogen) atoms. The van der Waals surface area contributed by atoms with Gasteiger partial charge in [0.25, 0.3) is 5.91 Å². The molecule has 3 saturated heterocycles. The fourth-order valence-electron chi connectivity index (χ4n) is 8.73. The number of anilines is 1. The number of benzene rings is 4. The third kappa shape index (κ3) is 7.43. The van der Waals surface area contributed by atoms with Gasteiger partial charge >= 0.3 is 5.97 Å². The van der Waals surface area contributed by atoms with Gasteiger partial charge in [0.2, 0.25) is 11.8 Å². The Kier molecular flexibility index (Phi) is 11.8. The molecule has 4 aromatic carbocycles. The molecule has 0 radical (unpaired) electrons. The number of hydrogen-bond acceptors (Lipinski definition) is 7. The maximum Gasteiger partial charge on any atom is 0.313 e. The Hall–Kier alpha value is -5.10. The smallest absolute Gasteiger partial charge is 0.313 e. The van der Waals surface area contributed by atoms with Gasteiger partial charge in [0.1, 0.15) is 17.7 Å². The number of aliphatic hydroxyl groups excluding tert-OH is 1. The first-order valence-corrected chi connectivity index (χ1v) is 19.9. The summed E-state index contributed by atoms with van der Waals surface area (Å²) in [4.78, 5) is 60.3. The first-order chi connectivity index (χ1) is 27.2. The average Bonchev–Trinajstić information content (AvgIpc) is 3.83. The van der Waals surface area contributed by atoms with E-state index in [0.29, 0.717) is 17.7 Å². The van der Waals surface area contributed by atoms with E-state index in [-0.39, 0.29) is 43.1 Å². The zero-order valence-corrected chi connectivity index (χ0v) is 32.6. The summed E-state index contributed by atoms with van der Waals surface area (Å²) in [6, 6.07) is 30.2. The summed E-state index contributed by atoms with van der Waals surface area (Å²) >= 11 is 3.77. The monoisotopic (exact) mass is 819 g/mol. The van der Waals surface area contributed by atoms with Crippen molar-refractivity contribution in [1.29, 1.82) is 0 Å². The predicted octanol–water partition coefficient (Wildman–Crippen LogP) is 6.08. The van der Waals surface area contributed by atoms with E-state index >= 15 is 9.59 Å². The largest absolute Gasteiger partial charge is 0.455 e. The summed E-state index contributed by atoms with van der Waals surface area (Å²) in [5.41, 5.74) is 0.741. The van der Waals surface area contributed by atoms with Gasteiger partial charge in [0.05, 0.1) is 37.1 Å². The molecule has 3 fully saturated rings. The highest BCUT2D eigenvalue weighted by molar-refractivity contribution is 9.09. The number of aliphatic hydroxyl groups is 1. The highest BCUT2D eigenvalue weighted by Crippen LogP contribution is 2.61. The van der Waals surface area contributed by atoms with Crippen LogP contribution in [-0.2, 0) is 35.1 Å². The van der Waals surface area contributed by atoms with Crippen molar-refractivity contribution in [2.24, 2.45) is 11.8 Å². The Morgan fingerprint density at radius 2 is 1.68 bits per heavy atom. The molecular formula is C45H46BrN3O7. The number of hydrogen-bond donors (Lipinski definition) is 2. The SMILES string of the molecule is C=CCCC(=O)NC[C@H](OC(=O)[C@H]1[C@@H]2O[C@@]3(CC2Br)[C@@H]1C(=O)N([C@@H](CO)Cc1ccccc1)[C@@H]3C(=O)N(CC=C)c1ccc2ccccc2c1)c1ccccc1. The van der Waals surface area contributed by atoms with Crippen LogP contribution in [0.4, 0.5) is 5.69 Å². The maximum absolute atomic E-state index is 15.3. The number of amides is 3. The Balaban J connectivity index is 1.27. The van der Waals surface area contributed by atoms with Crippen LogP contribution in [0.3, 0.4) is 0 Å². The molecule has 290 valence electrons. The van der Waals surface area contributed by atoms with Crippen molar-refractivity contribution >= 4 is 56.1 Å². The second kappa shape index (κ2) is 17.0. The number of carbonyl (C=O) groups excluding carboxylic acids is 4. The van der Waals surface area contributed by atoms with Crippen LogP contribution in [0.1, 0.15) is 36.5 Å². The van der Waals surface area contributed by atoms with Gasteiger partial charge in [-0.2, -0.15) is 0 Å². The van der Waals surface area contributed by atoms with Crippen LogP contribution < -0.4 is 10.2 Å². The Morgan fingerprint density at radius 3 is 2.38 bits per heavy atom. The number of likely N-dealkylation sites (tertiary alicyclic amines) is 1. The molecule has 0 aromatic heterocycles. The number of nitrogens with one attached hydrogen (secondary N) is 1. The van der Waals surface area contributed by atoms with Crippen molar-refractivity contribution in [2.45, 2.75) is 60.4 Å². The number of nitrogens with zero attached hydrogens (tertiary/aromatic N) is 2. The molecule has 4 aromatic rings.